The summed E-state index contributed by atoms with van der Waals surface area (Å²) in [5, 5.41) is 56.8. The Balaban J connectivity index is 2.14. The molecule has 6 N–H and O–H groups in total. The number of aromatic hydroxyl groups is 2. The lowest BCUT2D eigenvalue weighted by Gasteiger charge is -2.39. The number of ether oxygens (including phenoxy) is 1. The number of carboxylic acids is 1. The zero-order valence-electron chi connectivity index (χ0n) is 12.9. The summed E-state index contributed by atoms with van der Waals surface area (Å²) >= 11 is 0. The van der Waals surface area contributed by atoms with Crippen molar-refractivity contribution >= 4 is 18.0 Å². The minimum atomic E-state index is -2.17. The number of carbonyl (C=O) groups excluding carboxylic acids is 1. The second-order valence-electron chi connectivity index (χ2n) is 5.84. The van der Waals surface area contributed by atoms with Crippen molar-refractivity contribution in [3.63, 3.8) is 0 Å². The number of phenols is 2. The van der Waals surface area contributed by atoms with E-state index in [1.54, 1.807) is 0 Å². The number of aliphatic hydroxyl groups is 3. The van der Waals surface area contributed by atoms with Gasteiger partial charge in [-0.1, -0.05) is 6.07 Å². The molecule has 0 amide bonds. The molecular formula is C16H18O9. The number of hydrogen-bond donors (Lipinski definition) is 6. The van der Waals surface area contributed by atoms with Crippen molar-refractivity contribution in [3.8, 4) is 11.5 Å². The number of aliphatic hydroxyl groups excluding tert-OH is 3. The number of aliphatic carboxylic acids is 1. The van der Waals surface area contributed by atoms with Crippen LogP contribution in [0.4, 0.5) is 0 Å². The van der Waals surface area contributed by atoms with Gasteiger partial charge in [-0.25, -0.2) is 9.59 Å². The van der Waals surface area contributed by atoms with E-state index in [4.69, 9.17) is 4.74 Å². The zero-order chi connectivity index (χ0) is 18.8. The van der Waals surface area contributed by atoms with Gasteiger partial charge in [0.1, 0.15) is 6.10 Å². The number of phenolic OH excluding ortho intramolecular Hbond substituents is 2. The second kappa shape index (κ2) is 7.09. The average molecular weight is 354 g/mol. The van der Waals surface area contributed by atoms with Crippen LogP contribution in [0.1, 0.15) is 18.4 Å². The van der Waals surface area contributed by atoms with Crippen molar-refractivity contribution in [2.24, 2.45) is 0 Å². The summed E-state index contributed by atoms with van der Waals surface area (Å²) in [4.78, 5) is 23.4. The largest absolute Gasteiger partial charge is 0.504 e. The molecule has 1 aromatic carbocycles. The van der Waals surface area contributed by atoms with Crippen molar-refractivity contribution < 1.29 is 45.0 Å². The maximum absolute atomic E-state index is 11.9. The molecule has 0 saturated heterocycles. The van der Waals surface area contributed by atoms with Crippen LogP contribution in [0.15, 0.2) is 24.3 Å². The van der Waals surface area contributed by atoms with Gasteiger partial charge in [0.15, 0.2) is 11.5 Å². The predicted molar refractivity (Wildman–Crippen MR) is 82.5 cm³/mol. The van der Waals surface area contributed by atoms with Gasteiger partial charge in [0.25, 0.3) is 0 Å². The highest BCUT2D eigenvalue weighted by Crippen LogP contribution is 2.33. The number of benzene rings is 1. The first-order valence-corrected chi connectivity index (χ1v) is 7.35. The Kier molecular flexibility index (Phi) is 5.31. The lowest BCUT2D eigenvalue weighted by molar-refractivity contribution is -0.201. The molecule has 9 heteroatoms. The molecule has 0 unspecified atom stereocenters. The van der Waals surface area contributed by atoms with Crippen molar-refractivity contribution in [1.29, 1.82) is 0 Å². The smallest absolute Gasteiger partial charge is 0.348 e. The molecular weight excluding hydrogens is 336 g/mol. The highest BCUT2D eigenvalue weighted by Gasteiger charge is 2.52. The first-order chi connectivity index (χ1) is 11.6. The van der Waals surface area contributed by atoms with Crippen LogP contribution in [0.3, 0.4) is 0 Å². The summed E-state index contributed by atoms with van der Waals surface area (Å²) in [6.07, 6.45) is -3.67. The maximum atomic E-state index is 11.9. The molecule has 25 heavy (non-hydrogen) atoms. The van der Waals surface area contributed by atoms with Crippen molar-refractivity contribution in [1.82, 2.24) is 0 Å². The first kappa shape index (κ1) is 18.7. The SMILES string of the molecule is O=C(C=Cc1ccc(O)c(O)c1)OC1(C(=O)O)C[C@@H](O)C(O)[C@H](O)C1. The summed E-state index contributed by atoms with van der Waals surface area (Å²) in [5.41, 5.74) is -1.83. The van der Waals surface area contributed by atoms with Crippen molar-refractivity contribution in [2.45, 2.75) is 36.8 Å². The molecule has 0 aromatic heterocycles. The normalized spacial score (nSPS) is 29.5. The van der Waals surface area contributed by atoms with Crippen molar-refractivity contribution in [3.05, 3.63) is 29.8 Å². The fourth-order valence-electron chi connectivity index (χ4n) is 2.59. The van der Waals surface area contributed by atoms with Crippen LogP contribution in [0.25, 0.3) is 6.08 Å². The van der Waals surface area contributed by atoms with Crippen LogP contribution in [0.5, 0.6) is 11.5 Å². The zero-order valence-corrected chi connectivity index (χ0v) is 12.9. The van der Waals surface area contributed by atoms with Crippen molar-refractivity contribution in [2.75, 3.05) is 0 Å². The van der Waals surface area contributed by atoms with Crippen LogP contribution in [-0.4, -0.2) is 66.5 Å². The molecule has 1 fully saturated rings. The Morgan fingerprint density at radius 2 is 1.68 bits per heavy atom. The molecule has 0 spiro atoms. The monoisotopic (exact) mass is 354 g/mol. The van der Waals surface area contributed by atoms with E-state index in [0.717, 1.165) is 6.08 Å². The van der Waals surface area contributed by atoms with Crippen LogP contribution in [-0.2, 0) is 14.3 Å². The van der Waals surface area contributed by atoms with Gasteiger partial charge < -0.3 is 35.4 Å². The van der Waals surface area contributed by atoms with Gasteiger partial charge in [-0.3, -0.25) is 0 Å². The summed E-state index contributed by atoms with van der Waals surface area (Å²) in [6.45, 7) is 0. The van der Waals surface area contributed by atoms with Gasteiger partial charge in [0, 0.05) is 18.9 Å². The van der Waals surface area contributed by atoms with Gasteiger partial charge in [-0.15, -0.1) is 0 Å². The Bertz CT molecular complexity index is 685. The minimum Gasteiger partial charge on any atom is -0.504 e. The van der Waals surface area contributed by atoms with Crippen LogP contribution in [0.2, 0.25) is 0 Å². The van der Waals surface area contributed by atoms with E-state index in [1.807, 2.05) is 0 Å². The third-order valence-corrected chi connectivity index (χ3v) is 3.96. The standard InChI is InChI=1S/C16H18O9/c17-9-3-1-8(5-10(9)18)2-4-13(21)25-16(15(23)24)6-11(19)14(22)12(20)7-16/h1-5,11-12,14,17-20,22H,6-7H2,(H,23,24)/t11-,12-,14?,16?/m1/s1. The number of carboxylic acid groups (broad SMARTS) is 1. The molecule has 0 bridgehead atoms. The third-order valence-electron chi connectivity index (χ3n) is 3.96. The molecule has 2 rings (SSSR count). The van der Waals surface area contributed by atoms with E-state index in [0.29, 0.717) is 5.56 Å². The van der Waals surface area contributed by atoms with Gasteiger partial charge >= 0.3 is 11.9 Å². The predicted octanol–water partition coefficient (Wildman–Crippen LogP) is -0.646. The van der Waals surface area contributed by atoms with Crippen LogP contribution in [0, 0.1) is 0 Å². The average Bonchev–Trinajstić information content (AvgIpc) is 2.53. The summed E-state index contributed by atoms with van der Waals surface area (Å²) in [6, 6.07) is 3.78. The lowest BCUT2D eigenvalue weighted by Crippen LogP contribution is -2.57. The molecule has 1 aromatic rings. The Morgan fingerprint density at radius 3 is 2.20 bits per heavy atom. The fourth-order valence-corrected chi connectivity index (χ4v) is 2.59. The van der Waals surface area contributed by atoms with Crippen LogP contribution < -0.4 is 0 Å². The first-order valence-electron chi connectivity index (χ1n) is 7.35. The van der Waals surface area contributed by atoms with E-state index < -0.39 is 54.4 Å². The number of carbonyl (C=O) groups is 2. The number of hydrogen-bond acceptors (Lipinski definition) is 8. The molecule has 0 heterocycles. The topological polar surface area (TPSA) is 165 Å². The van der Waals surface area contributed by atoms with Gasteiger partial charge in [0.05, 0.1) is 12.2 Å². The molecule has 1 aliphatic rings. The molecule has 9 nitrogen and oxygen atoms in total. The molecule has 0 aliphatic heterocycles. The van der Waals surface area contributed by atoms with Gasteiger partial charge in [-0.05, 0) is 23.8 Å². The van der Waals surface area contributed by atoms with E-state index >= 15 is 0 Å². The van der Waals surface area contributed by atoms with Gasteiger partial charge in [-0.2, -0.15) is 0 Å². The molecule has 1 aliphatic carbocycles. The van der Waals surface area contributed by atoms with Crippen LogP contribution >= 0.6 is 0 Å². The Hall–Kier alpha value is -2.62. The minimum absolute atomic E-state index is 0.340. The number of rotatable bonds is 4. The summed E-state index contributed by atoms with van der Waals surface area (Å²) < 4.78 is 4.94. The quantitative estimate of drug-likeness (QED) is 0.234. The molecule has 2 atom stereocenters. The third kappa shape index (κ3) is 4.08. The summed E-state index contributed by atoms with van der Waals surface area (Å²) in [5.74, 6) is -3.34. The molecule has 0 radical (unpaired) electrons. The molecule has 136 valence electrons. The Labute approximate surface area is 142 Å². The van der Waals surface area contributed by atoms with Gasteiger partial charge in [0.2, 0.25) is 5.60 Å². The molecule has 1 saturated carbocycles. The van der Waals surface area contributed by atoms with E-state index in [2.05, 4.69) is 0 Å². The van der Waals surface area contributed by atoms with E-state index in [1.165, 1.54) is 24.3 Å². The lowest BCUT2D eigenvalue weighted by atomic mass is 9.79. The van der Waals surface area contributed by atoms with E-state index in [9.17, 15) is 40.2 Å². The number of esters is 1. The van der Waals surface area contributed by atoms with E-state index in [-0.39, 0.29) is 5.75 Å². The fraction of sp³-hybridized carbons (Fsp3) is 0.375. The maximum Gasteiger partial charge on any atom is 0.348 e. The second-order valence-corrected chi connectivity index (χ2v) is 5.84. The highest BCUT2D eigenvalue weighted by molar-refractivity contribution is 5.90. The summed E-state index contributed by atoms with van der Waals surface area (Å²) in [7, 11) is 0. The highest BCUT2D eigenvalue weighted by atomic mass is 16.6. The Morgan fingerprint density at radius 1 is 1.08 bits per heavy atom.